The van der Waals surface area contributed by atoms with Crippen molar-refractivity contribution in [1.29, 1.82) is 0 Å². The molecule has 0 spiro atoms. The van der Waals surface area contributed by atoms with Gasteiger partial charge in [-0.1, -0.05) is 18.2 Å². The molecule has 0 fully saturated rings. The standard InChI is InChI=1S/C14H15FN2O3S/c15-13-6-1-2-7-14(13)21(18,19)17-11-4-3-5-12(10-11)20-9-8-16/h1-7,10,17H,8-9,16H2. The molecule has 0 amide bonds. The summed E-state index contributed by atoms with van der Waals surface area (Å²) in [6, 6.07) is 11.5. The minimum absolute atomic E-state index is 0.285. The zero-order valence-corrected chi connectivity index (χ0v) is 11.9. The van der Waals surface area contributed by atoms with Crippen molar-refractivity contribution in [3.63, 3.8) is 0 Å². The molecule has 2 rings (SSSR count). The predicted octanol–water partition coefficient (Wildman–Crippen LogP) is 1.96. The van der Waals surface area contributed by atoms with Gasteiger partial charge in [-0.2, -0.15) is 0 Å². The third-order valence-corrected chi connectivity index (χ3v) is 4.01. The molecule has 0 aliphatic heterocycles. The van der Waals surface area contributed by atoms with Gasteiger partial charge in [0.2, 0.25) is 0 Å². The molecule has 0 radical (unpaired) electrons. The van der Waals surface area contributed by atoms with Crippen LogP contribution in [-0.2, 0) is 10.0 Å². The minimum atomic E-state index is -3.99. The van der Waals surface area contributed by atoms with Crippen LogP contribution in [0.25, 0.3) is 0 Å². The number of nitrogens with one attached hydrogen (secondary N) is 1. The molecule has 0 bridgehead atoms. The largest absolute Gasteiger partial charge is 0.492 e. The van der Waals surface area contributed by atoms with Gasteiger partial charge in [-0.3, -0.25) is 4.72 Å². The number of ether oxygens (including phenoxy) is 1. The Hall–Kier alpha value is -2.12. The lowest BCUT2D eigenvalue weighted by Crippen LogP contribution is -2.15. The Morgan fingerprint density at radius 3 is 2.62 bits per heavy atom. The molecule has 0 aromatic heterocycles. The Morgan fingerprint density at radius 1 is 1.14 bits per heavy atom. The van der Waals surface area contributed by atoms with Crippen LogP contribution in [0.3, 0.4) is 0 Å². The van der Waals surface area contributed by atoms with E-state index in [1.807, 2.05) is 0 Å². The number of rotatable bonds is 6. The number of hydrogen-bond donors (Lipinski definition) is 2. The van der Waals surface area contributed by atoms with Crippen LogP contribution >= 0.6 is 0 Å². The molecular weight excluding hydrogens is 295 g/mol. The van der Waals surface area contributed by atoms with E-state index in [-0.39, 0.29) is 5.69 Å². The molecule has 0 unspecified atom stereocenters. The molecule has 0 saturated carbocycles. The van der Waals surface area contributed by atoms with Crippen molar-refractivity contribution in [3.05, 3.63) is 54.3 Å². The zero-order valence-electron chi connectivity index (χ0n) is 11.1. The summed E-state index contributed by atoms with van der Waals surface area (Å²) in [5.74, 6) is -0.324. The first-order valence-corrected chi connectivity index (χ1v) is 7.71. The molecule has 2 aromatic carbocycles. The molecule has 2 aromatic rings. The summed E-state index contributed by atoms with van der Waals surface area (Å²) in [4.78, 5) is -0.404. The van der Waals surface area contributed by atoms with Gasteiger partial charge in [0.25, 0.3) is 10.0 Å². The maximum Gasteiger partial charge on any atom is 0.264 e. The molecule has 112 valence electrons. The SMILES string of the molecule is NCCOc1cccc(NS(=O)(=O)c2ccccc2F)c1. The monoisotopic (exact) mass is 310 g/mol. The number of anilines is 1. The van der Waals surface area contributed by atoms with Crippen molar-refractivity contribution in [2.24, 2.45) is 5.73 Å². The molecule has 0 saturated heterocycles. The van der Waals surface area contributed by atoms with Gasteiger partial charge in [0, 0.05) is 12.6 Å². The average Bonchev–Trinajstić information content (AvgIpc) is 2.45. The molecule has 0 atom stereocenters. The van der Waals surface area contributed by atoms with E-state index in [1.54, 1.807) is 18.2 Å². The summed E-state index contributed by atoms with van der Waals surface area (Å²) in [5, 5.41) is 0. The Morgan fingerprint density at radius 2 is 1.90 bits per heavy atom. The number of sulfonamides is 1. The summed E-state index contributed by atoms with van der Waals surface area (Å²) >= 11 is 0. The lowest BCUT2D eigenvalue weighted by Gasteiger charge is -2.10. The lowest BCUT2D eigenvalue weighted by atomic mass is 10.3. The van der Waals surface area contributed by atoms with Crippen molar-refractivity contribution >= 4 is 15.7 Å². The number of benzene rings is 2. The molecule has 5 nitrogen and oxygen atoms in total. The predicted molar refractivity (Wildman–Crippen MR) is 78.2 cm³/mol. The third-order valence-electron chi connectivity index (χ3n) is 2.60. The van der Waals surface area contributed by atoms with Crippen LogP contribution in [0, 0.1) is 5.82 Å². The first kappa shape index (κ1) is 15.3. The average molecular weight is 310 g/mol. The van der Waals surface area contributed by atoms with Crippen molar-refractivity contribution < 1.29 is 17.5 Å². The summed E-state index contributed by atoms with van der Waals surface area (Å²) in [5.41, 5.74) is 5.62. The lowest BCUT2D eigenvalue weighted by molar-refractivity contribution is 0.328. The van der Waals surface area contributed by atoms with Gasteiger partial charge in [-0.25, -0.2) is 12.8 Å². The van der Waals surface area contributed by atoms with Crippen LogP contribution in [0.2, 0.25) is 0 Å². The van der Waals surface area contributed by atoms with Crippen LogP contribution in [-0.4, -0.2) is 21.6 Å². The van der Waals surface area contributed by atoms with E-state index in [2.05, 4.69) is 4.72 Å². The van der Waals surface area contributed by atoms with E-state index in [1.165, 1.54) is 24.3 Å². The molecule has 0 heterocycles. The topological polar surface area (TPSA) is 81.4 Å². The summed E-state index contributed by atoms with van der Waals surface area (Å²) in [6.45, 7) is 0.675. The smallest absolute Gasteiger partial charge is 0.264 e. The number of halogens is 1. The Bertz CT molecular complexity index is 720. The summed E-state index contributed by atoms with van der Waals surface area (Å²) in [6.07, 6.45) is 0. The Kier molecular flexibility index (Phi) is 4.77. The van der Waals surface area contributed by atoms with E-state index in [0.717, 1.165) is 6.07 Å². The van der Waals surface area contributed by atoms with Crippen LogP contribution in [0.5, 0.6) is 5.75 Å². The highest BCUT2D eigenvalue weighted by molar-refractivity contribution is 7.92. The van der Waals surface area contributed by atoms with Gasteiger partial charge < -0.3 is 10.5 Å². The molecule has 0 aliphatic rings. The molecular formula is C14H15FN2O3S. The summed E-state index contributed by atoms with van der Waals surface area (Å²) in [7, 11) is -3.99. The first-order valence-electron chi connectivity index (χ1n) is 6.23. The van der Waals surface area contributed by atoms with Gasteiger partial charge in [0.05, 0.1) is 5.69 Å². The normalized spacial score (nSPS) is 11.1. The van der Waals surface area contributed by atoms with Crippen molar-refractivity contribution in [1.82, 2.24) is 0 Å². The first-order chi connectivity index (χ1) is 10.0. The zero-order chi connectivity index (χ0) is 15.3. The highest BCUT2D eigenvalue weighted by Gasteiger charge is 2.18. The molecule has 7 heteroatoms. The quantitative estimate of drug-likeness (QED) is 0.854. The maximum absolute atomic E-state index is 13.6. The second-order valence-electron chi connectivity index (χ2n) is 4.20. The second kappa shape index (κ2) is 6.55. The molecule has 0 aliphatic carbocycles. The second-order valence-corrected chi connectivity index (χ2v) is 5.85. The number of hydrogen-bond acceptors (Lipinski definition) is 4. The fourth-order valence-corrected chi connectivity index (χ4v) is 2.83. The van der Waals surface area contributed by atoms with Crippen LogP contribution in [0.15, 0.2) is 53.4 Å². The highest BCUT2D eigenvalue weighted by Crippen LogP contribution is 2.22. The van der Waals surface area contributed by atoms with Gasteiger partial charge in [-0.05, 0) is 24.3 Å². The Labute approximate surface area is 122 Å². The van der Waals surface area contributed by atoms with E-state index in [4.69, 9.17) is 10.5 Å². The van der Waals surface area contributed by atoms with Gasteiger partial charge in [-0.15, -0.1) is 0 Å². The number of nitrogens with two attached hydrogens (primary N) is 1. The van der Waals surface area contributed by atoms with E-state index in [0.29, 0.717) is 18.9 Å². The maximum atomic E-state index is 13.6. The summed E-state index contributed by atoms with van der Waals surface area (Å²) < 4.78 is 45.5. The minimum Gasteiger partial charge on any atom is -0.492 e. The van der Waals surface area contributed by atoms with Gasteiger partial charge in [0.15, 0.2) is 0 Å². The van der Waals surface area contributed by atoms with Crippen molar-refractivity contribution in [2.75, 3.05) is 17.9 Å². The van der Waals surface area contributed by atoms with Crippen LogP contribution in [0.1, 0.15) is 0 Å². The Balaban J connectivity index is 2.23. The van der Waals surface area contributed by atoms with Gasteiger partial charge >= 0.3 is 0 Å². The molecule has 3 N–H and O–H groups in total. The van der Waals surface area contributed by atoms with Crippen LogP contribution < -0.4 is 15.2 Å². The van der Waals surface area contributed by atoms with Crippen LogP contribution in [0.4, 0.5) is 10.1 Å². The fraction of sp³-hybridized carbons (Fsp3) is 0.143. The van der Waals surface area contributed by atoms with Crippen molar-refractivity contribution in [3.8, 4) is 5.75 Å². The van der Waals surface area contributed by atoms with E-state index in [9.17, 15) is 12.8 Å². The highest BCUT2D eigenvalue weighted by atomic mass is 32.2. The third kappa shape index (κ3) is 3.93. The van der Waals surface area contributed by atoms with E-state index >= 15 is 0 Å². The fourth-order valence-electron chi connectivity index (χ4n) is 1.70. The molecule has 21 heavy (non-hydrogen) atoms. The van der Waals surface area contributed by atoms with Gasteiger partial charge in [0.1, 0.15) is 23.1 Å². The van der Waals surface area contributed by atoms with E-state index < -0.39 is 20.7 Å². The van der Waals surface area contributed by atoms with Crippen molar-refractivity contribution in [2.45, 2.75) is 4.90 Å².